The average molecular weight is 224 g/mol. The summed E-state index contributed by atoms with van der Waals surface area (Å²) in [5, 5.41) is 19.7. The highest BCUT2D eigenvalue weighted by Gasteiger charge is 2.04. The zero-order valence-electron chi connectivity index (χ0n) is 9.73. The van der Waals surface area contributed by atoms with Crippen molar-refractivity contribution in [2.75, 3.05) is 5.32 Å². The lowest BCUT2D eigenvalue weighted by Gasteiger charge is -2.08. The van der Waals surface area contributed by atoms with Gasteiger partial charge in [0.15, 0.2) is 5.82 Å². The molecule has 0 saturated heterocycles. The molecule has 0 aliphatic carbocycles. The number of nitriles is 1. The summed E-state index contributed by atoms with van der Waals surface area (Å²) in [6.07, 6.45) is 1.50. The molecule has 1 aromatic heterocycles. The van der Waals surface area contributed by atoms with E-state index in [4.69, 9.17) is 5.26 Å². The van der Waals surface area contributed by atoms with Crippen molar-refractivity contribution in [2.24, 2.45) is 0 Å². The summed E-state index contributed by atoms with van der Waals surface area (Å²) in [5.74, 6) is 0.484. The molecule has 1 heterocycles. The summed E-state index contributed by atoms with van der Waals surface area (Å²) in [7, 11) is 0. The van der Waals surface area contributed by atoms with Crippen LogP contribution in [-0.2, 0) is 0 Å². The standard InChI is InChI=1S/C13H12N4/c1-9-3-4-12(7-10(9)2)16-13-11(8-14)5-6-15-17-13/h3-7H,1-2H3,(H,16,17). The smallest absolute Gasteiger partial charge is 0.171 e. The van der Waals surface area contributed by atoms with Crippen LogP contribution in [0.5, 0.6) is 0 Å². The van der Waals surface area contributed by atoms with E-state index in [0.717, 1.165) is 5.69 Å². The molecule has 1 aromatic carbocycles. The van der Waals surface area contributed by atoms with E-state index in [9.17, 15) is 0 Å². The SMILES string of the molecule is Cc1ccc(Nc2nnccc2C#N)cc1C. The van der Waals surface area contributed by atoms with Gasteiger partial charge in [-0.25, -0.2) is 0 Å². The fraction of sp³-hybridized carbons (Fsp3) is 0.154. The maximum absolute atomic E-state index is 8.94. The monoisotopic (exact) mass is 224 g/mol. The average Bonchev–Trinajstić information content (AvgIpc) is 2.34. The van der Waals surface area contributed by atoms with Crippen molar-refractivity contribution in [3.05, 3.63) is 47.2 Å². The lowest BCUT2D eigenvalue weighted by Crippen LogP contribution is -1.98. The van der Waals surface area contributed by atoms with E-state index in [1.807, 2.05) is 25.1 Å². The van der Waals surface area contributed by atoms with Crippen LogP contribution in [0.3, 0.4) is 0 Å². The fourth-order valence-corrected chi connectivity index (χ4v) is 1.47. The highest BCUT2D eigenvalue weighted by Crippen LogP contribution is 2.19. The highest BCUT2D eigenvalue weighted by atomic mass is 15.2. The predicted octanol–water partition coefficient (Wildman–Crippen LogP) is 2.71. The van der Waals surface area contributed by atoms with Gasteiger partial charge in [0, 0.05) is 5.69 Å². The van der Waals surface area contributed by atoms with Gasteiger partial charge in [-0.05, 0) is 43.2 Å². The van der Waals surface area contributed by atoms with Crippen molar-refractivity contribution in [1.29, 1.82) is 5.26 Å². The molecule has 0 aliphatic heterocycles. The number of nitrogens with zero attached hydrogens (tertiary/aromatic N) is 3. The molecule has 17 heavy (non-hydrogen) atoms. The van der Waals surface area contributed by atoms with Crippen LogP contribution in [0.2, 0.25) is 0 Å². The number of nitrogens with one attached hydrogen (secondary N) is 1. The molecule has 0 unspecified atom stereocenters. The van der Waals surface area contributed by atoms with Gasteiger partial charge < -0.3 is 5.32 Å². The zero-order chi connectivity index (χ0) is 12.3. The van der Waals surface area contributed by atoms with Gasteiger partial charge in [-0.2, -0.15) is 10.4 Å². The Morgan fingerprint density at radius 3 is 2.71 bits per heavy atom. The van der Waals surface area contributed by atoms with Crippen molar-refractivity contribution >= 4 is 11.5 Å². The van der Waals surface area contributed by atoms with Crippen LogP contribution in [0.4, 0.5) is 11.5 Å². The first-order chi connectivity index (χ1) is 8.20. The van der Waals surface area contributed by atoms with Crippen LogP contribution < -0.4 is 5.32 Å². The van der Waals surface area contributed by atoms with Crippen LogP contribution in [0, 0.1) is 25.2 Å². The zero-order valence-corrected chi connectivity index (χ0v) is 9.73. The van der Waals surface area contributed by atoms with Crippen molar-refractivity contribution < 1.29 is 0 Å². The summed E-state index contributed by atoms with van der Waals surface area (Å²) in [5.41, 5.74) is 3.82. The minimum atomic E-state index is 0.484. The van der Waals surface area contributed by atoms with Gasteiger partial charge in [-0.1, -0.05) is 6.07 Å². The lowest BCUT2D eigenvalue weighted by molar-refractivity contribution is 1.03. The van der Waals surface area contributed by atoms with Crippen LogP contribution in [-0.4, -0.2) is 10.2 Å². The van der Waals surface area contributed by atoms with Crippen LogP contribution in [0.25, 0.3) is 0 Å². The third kappa shape index (κ3) is 2.40. The second-order valence-electron chi connectivity index (χ2n) is 3.83. The first kappa shape index (κ1) is 11.1. The number of aromatic nitrogens is 2. The molecule has 0 atom stereocenters. The Kier molecular flexibility index (Phi) is 3.01. The third-order valence-corrected chi connectivity index (χ3v) is 2.61. The Morgan fingerprint density at radius 1 is 1.18 bits per heavy atom. The summed E-state index contributed by atoms with van der Waals surface area (Å²) in [6, 6.07) is 9.72. The molecule has 0 amide bonds. The molecule has 0 fully saturated rings. The molecule has 4 heteroatoms. The number of benzene rings is 1. The number of anilines is 2. The largest absolute Gasteiger partial charge is 0.338 e. The molecule has 2 aromatic rings. The first-order valence-electron chi connectivity index (χ1n) is 5.27. The second kappa shape index (κ2) is 4.62. The van der Waals surface area contributed by atoms with Gasteiger partial charge in [0.2, 0.25) is 0 Å². The van der Waals surface area contributed by atoms with Crippen molar-refractivity contribution in [2.45, 2.75) is 13.8 Å². The van der Waals surface area contributed by atoms with Crippen LogP contribution >= 0.6 is 0 Å². The fourth-order valence-electron chi connectivity index (χ4n) is 1.47. The summed E-state index contributed by atoms with van der Waals surface area (Å²) in [6.45, 7) is 4.10. The van der Waals surface area contributed by atoms with Crippen molar-refractivity contribution in [3.8, 4) is 6.07 Å². The van der Waals surface area contributed by atoms with E-state index < -0.39 is 0 Å². The van der Waals surface area contributed by atoms with E-state index in [0.29, 0.717) is 11.4 Å². The van der Waals surface area contributed by atoms with Gasteiger partial charge in [-0.15, -0.1) is 5.10 Å². The molecule has 0 aliphatic rings. The van der Waals surface area contributed by atoms with E-state index in [1.54, 1.807) is 6.07 Å². The van der Waals surface area contributed by atoms with E-state index in [2.05, 4.69) is 28.5 Å². The number of hydrogen-bond acceptors (Lipinski definition) is 4. The van der Waals surface area contributed by atoms with Crippen molar-refractivity contribution in [1.82, 2.24) is 10.2 Å². The third-order valence-electron chi connectivity index (χ3n) is 2.61. The van der Waals surface area contributed by atoms with E-state index >= 15 is 0 Å². The Bertz CT molecular complexity index is 584. The van der Waals surface area contributed by atoms with Gasteiger partial charge in [0.05, 0.1) is 11.8 Å². The van der Waals surface area contributed by atoms with Crippen molar-refractivity contribution in [3.63, 3.8) is 0 Å². The Hall–Kier alpha value is -2.41. The van der Waals surface area contributed by atoms with Gasteiger partial charge in [-0.3, -0.25) is 0 Å². The Labute approximate surface area is 99.9 Å². The summed E-state index contributed by atoms with van der Waals surface area (Å²) < 4.78 is 0. The minimum Gasteiger partial charge on any atom is -0.338 e. The molecule has 0 radical (unpaired) electrons. The maximum atomic E-state index is 8.94. The van der Waals surface area contributed by atoms with Crippen LogP contribution in [0.1, 0.15) is 16.7 Å². The second-order valence-corrected chi connectivity index (χ2v) is 3.83. The normalized spacial score (nSPS) is 9.71. The number of hydrogen-bond donors (Lipinski definition) is 1. The Balaban J connectivity index is 2.32. The minimum absolute atomic E-state index is 0.484. The molecule has 4 nitrogen and oxygen atoms in total. The number of rotatable bonds is 2. The van der Waals surface area contributed by atoms with Gasteiger partial charge >= 0.3 is 0 Å². The predicted molar refractivity (Wildman–Crippen MR) is 65.9 cm³/mol. The highest BCUT2D eigenvalue weighted by molar-refractivity contribution is 5.62. The molecule has 84 valence electrons. The summed E-state index contributed by atoms with van der Waals surface area (Å²) in [4.78, 5) is 0. The topological polar surface area (TPSA) is 61.6 Å². The van der Waals surface area contributed by atoms with Gasteiger partial charge in [0.1, 0.15) is 6.07 Å². The molecule has 0 bridgehead atoms. The molecular formula is C13H12N4. The summed E-state index contributed by atoms with van der Waals surface area (Å²) >= 11 is 0. The maximum Gasteiger partial charge on any atom is 0.171 e. The first-order valence-corrected chi connectivity index (χ1v) is 5.27. The Morgan fingerprint density at radius 2 is 2.00 bits per heavy atom. The molecular weight excluding hydrogens is 212 g/mol. The van der Waals surface area contributed by atoms with E-state index in [1.165, 1.54) is 17.3 Å². The van der Waals surface area contributed by atoms with Crippen LogP contribution in [0.15, 0.2) is 30.5 Å². The quantitative estimate of drug-likeness (QED) is 0.851. The molecule has 1 N–H and O–H groups in total. The molecule has 2 rings (SSSR count). The number of aryl methyl sites for hydroxylation is 2. The molecule has 0 spiro atoms. The van der Waals surface area contributed by atoms with Gasteiger partial charge in [0.25, 0.3) is 0 Å². The van der Waals surface area contributed by atoms with E-state index in [-0.39, 0.29) is 0 Å². The molecule has 0 saturated carbocycles. The lowest BCUT2D eigenvalue weighted by atomic mass is 10.1.